The van der Waals surface area contributed by atoms with E-state index in [1.165, 1.54) is 0 Å². The Bertz CT molecular complexity index is 885. The van der Waals surface area contributed by atoms with E-state index in [-0.39, 0.29) is 0 Å². The maximum atomic E-state index is 6.16. The average Bonchev–Trinajstić information content (AvgIpc) is 3.02. The Morgan fingerprint density at radius 1 is 1.00 bits per heavy atom. The van der Waals surface area contributed by atoms with E-state index in [1.54, 1.807) is 0 Å². The number of benzene rings is 2. The van der Waals surface area contributed by atoms with Gasteiger partial charge in [-0.15, -0.1) is 0 Å². The quantitative estimate of drug-likeness (QED) is 0.395. The molecule has 0 fully saturated rings. The van der Waals surface area contributed by atoms with Gasteiger partial charge in [0.25, 0.3) is 0 Å². The van der Waals surface area contributed by atoms with Crippen LogP contribution in [0.1, 0.15) is 16.8 Å². The van der Waals surface area contributed by atoms with E-state index < -0.39 is 9.04 Å². The number of hydrogen-bond acceptors (Lipinski definition) is 3. The molecule has 0 saturated carbocycles. The van der Waals surface area contributed by atoms with Gasteiger partial charge in [0.15, 0.2) is 5.84 Å². The van der Waals surface area contributed by atoms with Gasteiger partial charge in [0, 0.05) is 11.8 Å². The van der Waals surface area contributed by atoms with E-state index in [2.05, 4.69) is 31.2 Å². The molecule has 0 N–H and O–H groups in total. The fraction of sp³-hybridized carbons (Fsp3) is 0.200. The molecule has 0 unspecified atom stereocenters. The van der Waals surface area contributed by atoms with Crippen LogP contribution in [0.25, 0.3) is 0 Å². The summed E-state index contributed by atoms with van der Waals surface area (Å²) in [5, 5.41) is 4.55. The zero-order chi connectivity index (χ0) is 17.8. The van der Waals surface area contributed by atoms with Crippen LogP contribution in [-0.2, 0) is 0 Å². The van der Waals surface area contributed by atoms with Crippen molar-refractivity contribution in [1.82, 2.24) is 9.78 Å². The van der Waals surface area contributed by atoms with E-state index in [1.807, 2.05) is 66.3 Å². The SMILES string of the molecule is Cc1ccn(C(=Nc2cccc(C)c2O[SiH](C)C)c2ccccc2)n1. The van der Waals surface area contributed by atoms with Crippen molar-refractivity contribution in [2.75, 3.05) is 0 Å². The first kappa shape index (κ1) is 17.2. The largest absolute Gasteiger partial charge is 0.545 e. The smallest absolute Gasteiger partial charge is 0.229 e. The Morgan fingerprint density at radius 2 is 1.76 bits per heavy atom. The van der Waals surface area contributed by atoms with Crippen LogP contribution >= 0.6 is 0 Å². The molecule has 0 spiro atoms. The summed E-state index contributed by atoms with van der Waals surface area (Å²) < 4.78 is 7.98. The third-order valence-electron chi connectivity index (χ3n) is 3.74. The number of nitrogens with zero attached hydrogens (tertiary/aromatic N) is 3. The molecule has 3 aromatic rings. The van der Waals surface area contributed by atoms with Crippen LogP contribution < -0.4 is 4.43 Å². The predicted octanol–water partition coefficient (Wildman–Crippen LogP) is 4.49. The standard InChI is InChI=1S/C20H23N3OSi/c1-15-9-8-12-18(19(15)24-25(3)4)21-20(17-10-6-5-7-11-17)23-14-13-16(2)22-23/h5-14,25H,1-4H3. The van der Waals surface area contributed by atoms with Gasteiger partial charge in [-0.3, -0.25) is 0 Å². The summed E-state index contributed by atoms with van der Waals surface area (Å²) in [6.45, 7) is 8.36. The lowest BCUT2D eigenvalue weighted by molar-refractivity contribution is 0.577. The minimum absolute atomic E-state index is 0.787. The van der Waals surface area contributed by atoms with Gasteiger partial charge in [0.1, 0.15) is 11.4 Å². The molecule has 4 nitrogen and oxygen atoms in total. The zero-order valence-electron chi connectivity index (χ0n) is 15.1. The first-order valence-electron chi connectivity index (χ1n) is 8.47. The van der Waals surface area contributed by atoms with Gasteiger partial charge in [-0.05, 0) is 44.6 Å². The lowest BCUT2D eigenvalue weighted by Gasteiger charge is -2.15. The number of aromatic nitrogens is 2. The molecule has 1 aromatic heterocycles. The molecule has 1 heterocycles. The minimum Gasteiger partial charge on any atom is -0.545 e. The summed E-state index contributed by atoms with van der Waals surface area (Å²) in [5.41, 5.74) is 3.92. The van der Waals surface area contributed by atoms with Gasteiger partial charge in [0.2, 0.25) is 9.04 Å². The second kappa shape index (κ2) is 7.48. The van der Waals surface area contributed by atoms with Crippen LogP contribution in [-0.4, -0.2) is 24.7 Å². The first-order chi connectivity index (χ1) is 12.0. The molecule has 2 aromatic carbocycles. The maximum absolute atomic E-state index is 6.16. The molecule has 5 heteroatoms. The van der Waals surface area contributed by atoms with Crippen molar-refractivity contribution in [1.29, 1.82) is 0 Å². The number of hydrogen-bond donors (Lipinski definition) is 0. The Labute approximate surface area is 150 Å². The zero-order valence-corrected chi connectivity index (χ0v) is 16.3. The predicted molar refractivity (Wildman–Crippen MR) is 106 cm³/mol. The van der Waals surface area contributed by atoms with Crippen molar-refractivity contribution < 1.29 is 4.43 Å². The summed E-state index contributed by atoms with van der Waals surface area (Å²) >= 11 is 0. The molecule has 0 bridgehead atoms. The fourth-order valence-electron chi connectivity index (χ4n) is 2.60. The number of aryl methyl sites for hydroxylation is 2. The normalized spacial score (nSPS) is 11.8. The van der Waals surface area contributed by atoms with Gasteiger partial charge in [-0.2, -0.15) is 5.10 Å². The highest BCUT2D eigenvalue weighted by Gasteiger charge is 2.13. The number of aliphatic imine (C=N–C) groups is 1. The Morgan fingerprint density at radius 3 is 2.40 bits per heavy atom. The molecule has 0 saturated heterocycles. The Balaban J connectivity index is 2.16. The van der Waals surface area contributed by atoms with Crippen LogP contribution in [0, 0.1) is 13.8 Å². The van der Waals surface area contributed by atoms with Gasteiger partial charge >= 0.3 is 0 Å². The van der Waals surface area contributed by atoms with Crippen molar-refractivity contribution >= 4 is 20.6 Å². The Kier molecular flexibility index (Phi) is 5.14. The van der Waals surface area contributed by atoms with Gasteiger partial charge < -0.3 is 4.43 Å². The highest BCUT2D eigenvalue weighted by Crippen LogP contribution is 2.32. The average molecular weight is 350 g/mol. The lowest BCUT2D eigenvalue weighted by Crippen LogP contribution is -2.15. The third kappa shape index (κ3) is 4.06. The van der Waals surface area contributed by atoms with Crippen LogP contribution in [0.4, 0.5) is 5.69 Å². The summed E-state index contributed by atoms with van der Waals surface area (Å²) in [5.74, 6) is 1.66. The summed E-state index contributed by atoms with van der Waals surface area (Å²) in [6, 6.07) is 18.2. The van der Waals surface area contributed by atoms with E-state index in [4.69, 9.17) is 9.42 Å². The second-order valence-electron chi connectivity index (χ2n) is 6.29. The minimum atomic E-state index is -1.23. The number of rotatable bonds is 4. The Hall–Kier alpha value is -2.66. The molecule has 0 aliphatic carbocycles. The van der Waals surface area contributed by atoms with Crippen LogP contribution in [0.5, 0.6) is 5.75 Å². The van der Waals surface area contributed by atoms with Crippen LogP contribution in [0.3, 0.4) is 0 Å². The van der Waals surface area contributed by atoms with E-state index in [0.717, 1.165) is 34.1 Å². The second-order valence-corrected chi connectivity index (χ2v) is 8.63. The van der Waals surface area contributed by atoms with Crippen LogP contribution in [0.2, 0.25) is 13.1 Å². The summed E-state index contributed by atoms with van der Waals surface area (Å²) in [7, 11) is -1.23. The van der Waals surface area contributed by atoms with Gasteiger partial charge in [-0.25, -0.2) is 9.67 Å². The van der Waals surface area contributed by atoms with Crippen molar-refractivity contribution in [3.8, 4) is 5.75 Å². The fourth-order valence-corrected chi connectivity index (χ4v) is 3.37. The van der Waals surface area contributed by atoms with Crippen LogP contribution in [0.15, 0.2) is 65.8 Å². The molecule has 0 amide bonds. The van der Waals surface area contributed by atoms with Crippen molar-refractivity contribution in [3.05, 3.63) is 77.6 Å². The van der Waals surface area contributed by atoms with Crippen molar-refractivity contribution in [2.45, 2.75) is 26.9 Å². The molecular formula is C20H23N3OSi. The monoisotopic (exact) mass is 349 g/mol. The van der Waals surface area contributed by atoms with Gasteiger partial charge in [-0.1, -0.05) is 42.5 Å². The molecule has 128 valence electrons. The van der Waals surface area contributed by atoms with Gasteiger partial charge in [0.05, 0.1) is 5.69 Å². The summed E-state index contributed by atoms with van der Waals surface area (Å²) in [4.78, 5) is 4.94. The molecule has 0 aliphatic rings. The molecule has 0 aliphatic heterocycles. The topological polar surface area (TPSA) is 39.4 Å². The van der Waals surface area contributed by atoms with Crippen molar-refractivity contribution in [2.24, 2.45) is 4.99 Å². The third-order valence-corrected chi connectivity index (χ3v) is 4.45. The lowest BCUT2D eigenvalue weighted by atomic mass is 10.2. The van der Waals surface area contributed by atoms with Crippen molar-refractivity contribution in [3.63, 3.8) is 0 Å². The molecule has 0 radical (unpaired) electrons. The molecular weight excluding hydrogens is 326 g/mol. The summed E-state index contributed by atoms with van der Waals surface area (Å²) in [6.07, 6.45) is 1.94. The number of para-hydroxylation sites is 1. The van der Waals surface area contributed by atoms with E-state index in [9.17, 15) is 0 Å². The maximum Gasteiger partial charge on any atom is 0.229 e. The highest BCUT2D eigenvalue weighted by atomic mass is 28.3. The molecule has 25 heavy (non-hydrogen) atoms. The first-order valence-corrected chi connectivity index (χ1v) is 11.3. The van der Waals surface area contributed by atoms with E-state index >= 15 is 0 Å². The molecule has 0 atom stereocenters. The molecule has 3 rings (SSSR count). The van der Waals surface area contributed by atoms with E-state index in [0.29, 0.717) is 0 Å². The highest BCUT2D eigenvalue weighted by molar-refractivity contribution is 6.49.